The molecule has 0 radical (unpaired) electrons. The first kappa shape index (κ1) is 9.97. The third-order valence-corrected chi connectivity index (χ3v) is 3.92. The van der Waals surface area contributed by atoms with E-state index in [0.29, 0.717) is 12.1 Å². The molecule has 1 aliphatic carbocycles. The first-order valence-electron chi connectivity index (χ1n) is 5.37. The fraction of sp³-hybridized carbons (Fsp3) is 0.231. The molecule has 0 atom stereocenters. The summed E-state index contributed by atoms with van der Waals surface area (Å²) in [7, 11) is 0. The third kappa shape index (κ3) is 1.39. The van der Waals surface area contributed by atoms with Gasteiger partial charge in [-0.25, -0.2) is 4.98 Å². The van der Waals surface area contributed by atoms with E-state index in [4.69, 9.17) is 0 Å². The highest BCUT2D eigenvalue weighted by molar-refractivity contribution is 9.10. The number of carbonyl (C=O) groups is 1. The van der Waals surface area contributed by atoms with Gasteiger partial charge in [0.05, 0.1) is 5.52 Å². The lowest BCUT2D eigenvalue weighted by molar-refractivity contribution is 0.0967. The number of hydrogen-bond acceptors (Lipinski definition) is 2. The topological polar surface area (TPSA) is 30.0 Å². The molecule has 0 bridgehead atoms. The molecule has 80 valence electrons. The predicted molar refractivity (Wildman–Crippen MR) is 66.7 cm³/mol. The molecule has 16 heavy (non-hydrogen) atoms. The van der Waals surface area contributed by atoms with Gasteiger partial charge in [0, 0.05) is 16.3 Å². The second-order valence-corrected chi connectivity index (χ2v) is 4.84. The van der Waals surface area contributed by atoms with Crippen molar-refractivity contribution in [1.82, 2.24) is 4.98 Å². The zero-order valence-corrected chi connectivity index (χ0v) is 10.3. The second kappa shape index (κ2) is 3.67. The smallest absolute Gasteiger partial charge is 0.181 e. The van der Waals surface area contributed by atoms with E-state index in [1.807, 2.05) is 24.3 Å². The van der Waals surface area contributed by atoms with Crippen LogP contribution in [0.4, 0.5) is 0 Å². The second-order valence-electron chi connectivity index (χ2n) is 4.05. The van der Waals surface area contributed by atoms with Crippen LogP contribution in [0, 0.1) is 0 Å². The van der Waals surface area contributed by atoms with Crippen LogP contribution >= 0.6 is 15.9 Å². The minimum atomic E-state index is 0.174. The summed E-state index contributed by atoms with van der Waals surface area (Å²) in [6, 6.07) is 7.92. The molecular formula is C13H10BrNO. The van der Waals surface area contributed by atoms with Crippen molar-refractivity contribution in [1.29, 1.82) is 0 Å². The van der Waals surface area contributed by atoms with Crippen LogP contribution in [-0.2, 0) is 6.42 Å². The number of nitrogens with zero attached hydrogens (tertiary/aromatic N) is 1. The summed E-state index contributed by atoms with van der Waals surface area (Å²) in [4.78, 5) is 16.3. The van der Waals surface area contributed by atoms with Gasteiger partial charge in [-0.05, 0) is 40.4 Å². The van der Waals surface area contributed by atoms with Crippen LogP contribution in [0.25, 0.3) is 10.9 Å². The van der Waals surface area contributed by atoms with Gasteiger partial charge in [-0.15, -0.1) is 0 Å². The van der Waals surface area contributed by atoms with E-state index in [2.05, 4.69) is 20.9 Å². The van der Waals surface area contributed by atoms with Crippen LogP contribution in [0.5, 0.6) is 0 Å². The van der Waals surface area contributed by atoms with Crippen molar-refractivity contribution in [3.63, 3.8) is 0 Å². The summed E-state index contributed by atoms with van der Waals surface area (Å²) in [6.45, 7) is 0. The Morgan fingerprint density at radius 3 is 2.88 bits per heavy atom. The lowest BCUT2D eigenvalue weighted by atomic mass is 9.94. The first-order chi connectivity index (χ1) is 7.77. The van der Waals surface area contributed by atoms with E-state index in [9.17, 15) is 4.79 Å². The van der Waals surface area contributed by atoms with E-state index in [1.54, 1.807) is 0 Å². The van der Waals surface area contributed by atoms with Crippen molar-refractivity contribution >= 4 is 32.6 Å². The van der Waals surface area contributed by atoms with E-state index in [1.165, 1.54) is 0 Å². The number of aromatic nitrogens is 1. The number of Topliss-reactive ketones (excluding diaryl/α,β-unsaturated/α-hetero) is 1. The third-order valence-electron chi connectivity index (χ3n) is 3.02. The van der Waals surface area contributed by atoms with E-state index in [0.717, 1.165) is 33.8 Å². The summed E-state index contributed by atoms with van der Waals surface area (Å²) in [6.07, 6.45) is 2.51. The Bertz CT molecular complexity index is 592. The van der Waals surface area contributed by atoms with Gasteiger partial charge < -0.3 is 0 Å². The fourth-order valence-corrected chi connectivity index (χ4v) is 2.94. The van der Waals surface area contributed by atoms with Gasteiger partial charge in [-0.1, -0.05) is 18.2 Å². The Labute approximate surface area is 102 Å². The molecule has 1 aromatic carbocycles. The fourth-order valence-electron chi connectivity index (χ4n) is 2.21. The lowest BCUT2D eigenvalue weighted by Crippen LogP contribution is -2.13. The van der Waals surface area contributed by atoms with Crippen molar-refractivity contribution in [2.75, 3.05) is 0 Å². The molecule has 0 saturated carbocycles. The number of halogens is 1. The normalized spacial score (nSPS) is 15.2. The van der Waals surface area contributed by atoms with Gasteiger partial charge >= 0.3 is 0 Å². The molecule has 1 heterocycles. The monoisotopic (exact) mass is 275 g/mol. The number of pyridine rings is 1. The van der Waals surface area contributed by atoms with E-state index >= 15 is 0 Å². The van der Waals surface area contributed by atoms with Crippen molar-refractivity contribution in [3.05, 3.63) is 40.0 Å². The maximum Gasteiger partial charge on any atom is 0.181 e. The number of benzene rings is 1. The predicted octanol–water partition coefficient (Wildman–Crippen LogP) is 3.52. The molecule has 2 nitrogen and oxygen atoms in total. The molecule has 0 saturated heterocycles. The number of para-hydroxylation sites is 1. The van der Waals surface area contributed by atoms with Crippen LogP contribution in [0.3, 0.4) is 0 Å². The SMILES string of the molecule is O=C1CCCc2c1nc1ccccc1c2Br. The largest absolute Gasteiger partial charge is 0.292 e. The zero-order chi connectivity index (χ0) is 11.1. The van der Waals surface area contributed by atoms with Crippen molar-refractivity contribution in [2.24, 2.45) is 0 Å². The van der Waals surface area contributed by atoms with Crippen LogP contribution in [-0.4, -0.2) is 10.8 Å². The van der Waals surface area contributed by atoms with Crippen molar-refractivity contribution < 1.29 is 4.79 Å². The van der Waals surface area contributed by atoms with E-state index in [-0.39, 0.29) is 5.78 Å². The number of carbonyl (C=O) groups excluding carboxylic acids is 1. The number of rotatable bonds is 0. The Hall–Kier alpha value is -1.22. The van der Waals surface area contributed by atoms with Gasteiger partial charge in [0.1, 0.15) is 5.69 Å². The number of ketones is 1. The average molecular weight is 276 g/mol. The molecule has 0 amide bonds. The summed E-state index contributed by atoms with van der Waals surface area (Å²) in [5.41, 5.74) is 2.63. The highest BCUT2D eigenvalue weighted by Crippen LogP contribution is 2.32. The molecule has 0 unspecified atom stereocenters. The Balaban J connectivity index is 2.40. The molecule has 1 aliphatic rings. The molecule has 0 spiro atoms. The standard InChI is InChI=1S/C13H10BrNO/c14-12-8-4-1-2-6-10(8)15-13-9(12)5-3-7-11(13)16/h1-2,4,6H,3,5,7H2. The van der Waals surface area contributed by atoms with Crippen LogP contribution in [0.15, 0.2) is 28.7 Å². The van der Waals surface area contributed by atoms with Gasteiger partial charge in [0.15, 0.2) is 5.78 Å². The van der Waals surface area contributed by atoms with Crippen LogP contribution in [0.2, 0.25) is 0 Å². The highest BCUT2D eigenvalue weighted by atomic mass is 79.9. The molecule has 0 N–H and O–H groups in total. The summed E-state index contributed by atoms with van der Waals surface area (Å²) in [5.74, 6) is 0.174. The molecule has 3 rings (SSSR count). The zero-order valence-electron chi connectivity index (χ0n) is 8.66. The Morgan fingerprint density at radius 1 is 1.19 bits per heavy atom. The molecule has 1 aromatic heterocycles. The van der Waals surface area contributed by atoms with Crippen molar-refractivity contribution in [2.45, 2.75) is 19.3 Å². The van der Waals surface area contributed by atoms with Gasteiger partial charge in [0.25, 0.3) is 0 Å². The van der Waals surface area contributed by atoms with Crippen molar-refractivity contribution in [3.8, 4) is 0 Å². The molecular weight excluding hydrogens is 266 g/mol. The maximum absolute atomic E-state index is 11.8. The first-order valence-corrected chi connectivity index (χ1v) is 6.17. The molecule has 0 fully saturated rings. The average Bonchev–Trinajstić information content (AvgIpc) is 2.31. The molecule has 2 aromatic rings. The summed E-state index contributed by atoms with van der Waals surface area (Å²) < 4.78 is 1.04. The summed E-state index contributed by atoms with van der Waals surface area (Å²) in [5, 5.41) is 1.09. The summed E-state index contributed by atoms with van der Waals surface area (Å²) >= 11 is 3.60. The minimum Gasteiger partial charge on any atom is -0.292 e. The maximum atomic E-state index is 11.8. The van der Waals surface area contributed by atoms with Crippen LogP contribution < -0.4 is 0 Å². The molecule has 0 aliphatic heterocycles. The van der Waals surface area contributed by atoms with Crippen LogP contribution in [0.1, 0.15) is 28.9 Å². The Kier molecular flexibility index (Phi) is 2.28. The number of hydrogen-bond donors (Lipinski definition) is 0. The minimum absolute atomic E-state index is 0.174. The quantitative estimate of drug-likeness (QED) is 0.737. The van der Waals surface area contributed by atoms with Gasteiger partial charge in [-0.3, -0.25) is 4.79 Å². The van der Waals surface area contributed by atoms with Gasteiger partial charge in [-0.2, -0.15) is 0 Å². The van der Waals surface area contributed by atoms with E-state index < -0.39 is 0 Å². The highest BCUT2D eigenvalue weighted by Gasteiger charge is 2.22. The number of fused-ring (bicyclic) bond motifs is 2. The lowest BCUT2D eigenvalue weighted by Gasteiger charge is -2.16. The van der Waals surface area contributed by atoms with Gasteiger partial charge in [0.2, 0.25) is 0 Å². The molecule has 3 heteroatoms. The Morgan fingerprint density at radius 2 is 2.00 bits per heavy atom.